The van der Waals surface area contributed by atoms with Crippen LogP contribution < -0.4 is 5.32 Å². The number of hydrogen-bond donors (Lipinski definition) is 1. The lowest BCUT2D eigenvalue weighted by Crippen LogP contribution is -2.36. The Labute approximate surface area is 200 Å². The number of carbonyl (C=O) groups excluding carboxylic acids is 2. The fourth-order valence-corrected chi connectivity index (χ4v) is 4.36. The normalized spacial score (nSPS) is 13.0. The molecule has 1 N–H and O–H groups in total. The molecular formula is C27H20N4O4. The molecule has 2 aromatic heterocycles. The first-order chi connectivity index (χ1) is 17.1. The van der Waals surface area contributed by atoms with E-state index in [9.17, 15) is 9.59 Å². The van der Waals surface area contributed by atoms with Gasteiger partial charge in [-0.3, -0.25) is 9.59 Å². The summed E-state index contributed by atoms with van der Waals surface area (Å²) in [4.78, 5) is 36.0. The Balaban J connectivity index is 1.19. The van der Waals surface area contributed by atoms with Gasteiger partial charge in [0.05, 0.1) is 6.20 Å². The van der Waals surface area contributed by atoms with Crippen LogP contribution in [0.5, 0.6) is 0 Å². The molecule has 0 unspecified atom stereocenters. The third kappa shape index (κ3) is 4.06. The van der Waals surface area contributed by atoms with Gasteiger partial charge < -0.3 is 19.1 Å². The summed E-state index contributed by atoms with van der Waals surface area (Å²) < 4.78 is 10.6. The van der Waals surface area contributed by atoms with E-state index in [2.05, 4.69) is 15.3 Å². The lowest BCUT2D eigenvalue weighted by atomic mass is 9.96. The monoisotopic (exact) mass is 464 g/mol. The van der Waals surface area contributed by atoms with Crippen LogP contribution >= 0.6 is 0 Å². The molecule has 0 saturated carbocycles. The molecule has 8 heteroatoms. The molecule has 6 rings (SSSR count). The highest BCUT2D eigenvalue weighted by Gasteiger charge is 2.23. The predicted octanol–water partition coefficient (Wildman–Crippen LogP) is 4.93. The topological polar surface area (TPSA) is 101 Å². The second-order valence-electron chi connectivity index (χ2n) is 8.40. The van der Waals surface area contributed by atoms with E-state index in [4.69, 9.17) is 8.83 Å². The van der Waals surface area contributed by atoms with Gasteiger partial charge in [0.2, 0.25) is 0 Å². The summed E-state index contributed by atoms with van der Waals surface area (Å²) in [5.74, 6) is 0.337. The van der Waals surface area contributed by atoms with Gasteiger partial charge in [0.15, 0.2) is 24.1 Å². The molecule has 0 radical (unpaired) electrons. The van der Waals surface area contributed by atoms with Gasteiger partial charge in [0, 0.05) is 35.5 Å². The minimum Gasteiger partial charge on any atom is -0.444 e. The van der Waals surface area contributed by atoms with Crippen LogP contribution in [0, 0.1) is 0 Å². The Hall–Kier alpha value is -4.72. The van der Waals surface area contributed by atoms with E-state index in [0.717, 1.165) is 23.1 Å². The predicted molar refractivity (Wildman–Crippen MR) is 129 cm³/mol. The van der Waals surface area contributed by atoms with Gasteiger partial charge in [-0.25, -0.2) is 9.97 Å². The molecule has 0 atom stereocenters. The van der Waals surface area contributed by atoms with Crippen LogP contribution in [0.25, 0.3) is 22.4 Å². The number of anilines is 1. The molecule has 0 aliphatic carbocycles. The molecule has 35 heavy (non-hydrogen) atoms. The number of oxazole rings is 2. The molecule has 1 aliphatic heterocycles. The van der Waals surface area contributed by atoms with E-state index < -0.39 is 0 Å². The van der Waals surface area contributed by atoms with Crippen LogP contribution in [0.2, 0.25) is 0 Å². The van der Waals surface area contributed by atoms with E-state index in [1.165, 1.54) is 12.8 Å². The lowest BCUT2D eigenvalue weighted by Gasteiger charge is -2.29. The summed E-state index contributed by atoms with van der Waals surface area (Å²) in [7, 11) is 0. The fraction of sp³-hybridized carbons (Fsp3) is 0.111. The second-order valence-corrected chi connectivity index (χ2v) is 8.40. The number of fused-ring (bicyclic) bond motifs is 2. The van der Waals surface area contributed by atoms with E-state index >= 15 is 0 Å². The zero-order chi connectivity index (χ0) is 23.8. The maximum absolute atomic E-state index is 13.1. The number of carbonyl (C=O) groups is 2. The third-order valence-electron chi connectivity index (χ3n) is 6.18. The van der Waals surface area contributed by atoms with Gasteiger partial charge in [0.1, 0.15) is 5.52 Å². The summed E-state index contributed by atoms with van der Waals surface area (Å²) in [5.41, 5.74) is 5.99. The number of nitrogens with zero attached hydrogens (tertiary/aromatic N) is 3. The van der Waals surface area contributed by atoms with Gasteiger partial charge in [0.25, 0.3) is 11.8 Å². The summed E-state index contributed by atoms with van der Waals surface area (Å²) >= 11 is 0. The summed E-state index contributed by atoms with van der Waals surface area (Å²) in [6, 6.07) is 18.3. The average Bonchev–Trinajstić information content (AvgIpc) is 3.60. The standard InChI is InChI=1S/C27H20N4O4/c32-26(30-22-3-1-2-18(11-22)25-13-28-15-34-25)19-5-4-17-8-9-31(14-21(17)10-19)27(33)20-6-7-24-23(12-20)29-16-35-24/h1-7,10-13,15-16H,8-9,14H2,(H,30,32). The Morgan fingerprint density at radius 1 is 0.914 bits per heavy atom. The first kappa shape index (κ1) is 20.9. The number of nitrogens with one attached hydrogen (secondary N) is 1. The molecule has 3 aromatic carbocycles. The summed E-state index contributed by atoms with van der Waals surface area (Å²) in [6.45, 7) is 1.05. The molecule has 2 amide bonds. The number of amides is 2. The van der Waals surface area contributed by atoms with Gasteiger partial charge in [-0.15, -0.1) is 0 Å². The van der Waals surface area contributed by atoms with Gasteiger partial charge in [-0.05, 0) is 60.0 Å². The molecule has 0 spiro atoms. The number of aromatic nitrogens is 2. The first-order valence-electron chi connectivity index (χ1n) is 11.2. The molecule has 3 heterocycles. The van der Waals surface area contributed by atoms with E-state index in [1.807, 2.05) is 42.5 Å². The number of hydrogen-bond acceptors (Lipinski definition) is 6. The van der Waals surface area contributed by atoms with Crippen molar-refractivity contribution in [1.82, 2.24) is 14.9 Å². The SMILES string of the molecule is O=C(Nc1cccc(-c2cnco2)c1)c1ccc2c(c1)CN(C(=O)c1ccc3ocnc3c1)CC2. The van der Waals surface area contributed by atoms with Crippen molar-refractivity contribution in [1.29, 1.82) is 0 Å². The van der Waals surface area contributed by atoms with Crippen molar-refractivity contribution in [2.75, 3.05) is 11.9 Å². The molecule has 5 aromatic rings. The summed E-state index contributed by atoms with van der Waals surface area (Å²) in [6.07, 6.45) is 5.09. The van der Waals surface area contributed by atoms with Crippen molar-refractivity contribution in [3.63, 3.8) is 0 Å². The van der Waals surface area contributed by atoms with Crippen LogP contribution in [-0.2, 0) is 13.0 Å². The highest BCUT2D eigenvalue weighted by atomic mass is 16.3. The van der Waals surface area contributed by atoms with Crippen molar-refractivity contribution in [2.24, 2.45) is 0 Å². The van der Waals surface area contributed by atoms with E-state index in [0.29, 0.717) is 46.8 Å². The van der Waals surface area contributed by atoms with Crippen molar-refractivity contribution in [3.8, 4) is 11.3 Å². The molecule has 0 saturated heterocycles. The number of benzene rings is 3. The zero-order valence-electron chi connectivity index (χ0n) is 18.6. The maximum Gasteiger partial charge on any atom is 0.255 e. The molecule has 8 nitrogen and oxygen atoms in total. The maximum atomic E-state index is 13.1. The number of rotatable bonds is 4. The zero-order valence-corrected chi connectivity index (χ0v) is 18.6. The van der Waals surface area contributed by atoms with Gasteiger partial charge in [-0.2, -0.15) is 0 Å². The highest BCUT2D eigenvalue weighted by molar-refractivity contribution is 6.04. The summed E-state index contributed by atoms with van der Waals surface area (Å²) in [5, 5.41) is 2.94. The molecule has 1 aliphatic rings. The van der Waals surface area contributed by atoms with Crippen molar-refractivity contribution in [3.05, 3.63) is 102 Å². The third-order valence-corrected chi connectivity index (χ3v) is 6.18. The van der Waals surface area contributed by atoms with Crippen LogP contribution in [0.15, 0.2) is 88.5 Å². The fourth-order valence-electron chi connectivity index (χ4n) is 4.36. The molecule has 172 valence electrons. The largest absolute Gasteiger partial charge is 0.444 e. The average molecular weight is 464 g/mol. The molecular weight excluding hydrogens is 444 g/mol. The lowest BCUT2D eigenvalue weighted by molar-refractivity contribution is 0.0735. The Kier molecular flexibility index (Phi) is 5.11. The smallest absolute Gasteiger partial charge is 0.255 e. The Morgan fingerprint density at radius 3 is 2.71 bits per heavy atom. The minimum atomic E-state index is -0.220. The van der Waals surface area contributed by atoms with Crippen molar-refractivity contribution < 1.29 is 18.4 Å². The quantitative estimate of drug-likeness (QED) is 0.405. The van der Waals surface area contributed by atoms with Crippen molar-refractivity contribution >= 4 is 28.6 Å². The highest BCUT2D eigenvalue weighted by Crippen LogP contribution is 2.25. The Bertz CT molecular complexity index is 1550. The van der Waals surface area contributed by atoms with Crippen LogP contribution in [0.4, 0.5) is 5.69 Å². The Morgan fingerprint density at radius 2 is 1.83 bits per heavy atom. The molecule has 0 fully saturated rings. The van der Waals surface area contributed by atoms with E-state index in [-0.39, 0.29) is 11.8 Å². The first-order valence-corrected chi connectivity index (χ1v) is 11.2. The van der Waals surface area contributed by atoms with Crippen LogP contribution in [0.1, 0.15) is 31.8 Å². The van der Waals surface area contributed by atoms with Gasteiger partial charge >= 0.3 is 0 Å². The van der Waals surface area contributed by atoms with Crippen LogP contribution in [0.3, 0.4) is 0 Å². The second kappa shape index (κ2) is 8.57. The molecule has 0 bridgehead atoms. The van der Waals surface area contributed by atoms with Crippen LogP contribution in [-0.4, -0.2) is 33.2 Å². The van der Waals surface area contributed by atoms with E-state index in [1.54, 1.807) is 29.3 Å². The van der Waals surface area contributed by atoms with Gasteiger partial charge in [-0.1, -0.05) is 18.2 Å². The van der Waals surface area contributed by atoms with Crippen molar-refractivity contribution in [2.45, 2.75) is 13.0 Å². The minimum absolute atomic E-state index is 0.0698.